The Morgan fingerprint density at radius 1 is 1.30 bits per heavy atom. The fourth-order valence-corrected chi connectivity index (χ4v) is 2.39. The number of amides is 1. The number of hydrogen-bond acceptors (Lipinski definition) is 6. The van der Waals surface area contributed by atoms with Crippen molar-refractivity contribution in [1.29, 1.82) is 0 Å². The molecular weight excluding hydrogens is 364 g/mol. The molecule has 1 heterocycles. The lowest BCUT2D eigenvalue weighted by Gasteiger charge is -2.19. The van der Waals surface area contributed by atoms with Crippen LogP contribution in [0.4, 0.5) is 11.8 Å². The molecule has 0 saturated heterocycles. The van der Waals surface area contributed by atoms with E-state index in [9.17, 15) is 9.90 Å². The summed E-state index contributed by atoms with van der Waals surface area (Å²) in [5.41, 5.74) is 1.02. The second kappa shape index (κ2) is 12.1. The summed E-state index contributed by atoms with van der Waals surface area (Å²) in [6, 6.07) is 9.63. The smallest absolute Gasteiger partial charge is 0.231 e. The number of nitrogens with zero attached hydrogens (tertiary/aromatic N) is 2. The van der Waals surface area contributed by atoms with E-state index in [1.54, 1.807) is 0 Å². The number of hydrogen-bond donors (Lipinski definition) is 3. The predicted octanol–water partition coefficient (Wildman–Crippen LogP) is 3.09. The Hall–Kier alpha value is -2.32. The van der Waals surface area contributed by atoms with E-state index >= 15 is 0 Å². The van der Waals surface area contributed by atoms with E-state index in [4.69, 9.17) is 4.74 Å². The summed E-state index contributed by atoms with van der Waals surface area (Å²) >= 11 is 0. The van der Waals surface area contributed by atoms with Crippen molar-refractivity contribution in [2.75, 3.05) is 17.2 Å². The molecule has 148 valence electrons. The molecule has 0 radical (unpaired) electrons. The van der Waals surface area contributed by atoms with Gasteiger partial charge in [0, 0.05) is 6.92 Å². The molecule has 0 fully saturated rings. The first kappa shape index (κ1) is 22.7. The number of aliphatic hydroxyl groups is 1. The average molecular weight is 393 g/mol. The second-order valence-corrected chi connectivity index (χ2v) is 6.03. The normalized spacial score (nSPS) is 11.2. The molecule has 0 aliphatic carbocycles. The summed E-state index contributed by atoms with van der Waals surface area (Å²) in [7, 11) is 0. The van der Waals surface area contributed by atoms with Gasteiger partial charge in [-0.2, -0.15) is 18.5 Å². The minimum Gasteiger partial charge on any atom is -0.483 e. The van der Waals surface area contributed by atoms with Gasteiger partial charge in [-0.1, -0.05) is 50.1 Å². The van der Waals surface area contributed by atoms with Crippen molar-refractivity contribution in [3.8, 4) is 5.75 Å². The van der Waals surface area contributed by atoms with Gasteiger partial charge in [-0.15, -0.1) is 0 Å². The number of aromatic nitrogens is 2. The van der Waals surface area contributed by atoms with Crippen molar-refractivity contribution in [3.05, 3.63) is 42.1 Å². The third kappa shape index (κ3) is 7.84. The van der Waals surface area contributed by atoms with Crippen LogP contribution >= 0.6 is 13.5 Å². The van der Waals surface area contributed by atoms with Gasteiger partial charge in [0.15, 0.2) is 11.6 Å². The van der Waals surface area contributed by atoms with Crippen LogP contribution in [0.2, 0.25) is 0 Å². The van der Waals surface area contributed by atoms with Crippen LogP contribution in [-0.4, -0.2) is 33.6 Å². The molecule has 27 heavy (non-hydrogen) atoms. The summed E-state index contributed by atoms with van der Waals surface area (Å²) in [4.78, 5) is 19.7. The SMILES string of the molecule is CCCC[C@@H](CO)Nc1nc(NC(C)=O)ncc1OCc1ccccc1.S. The standard InChI is InChI=1S/C19H26N4O3.H2S/c1-3-4-10-16(12-24)22-18-17(11-20-19(23-18)21-14(2)25)26-13-15-8-6-5-7-9-15;/h5-9,11,16,24H,3-4,10,12-13H2,1-2H3,(H2,20,21,22,23,25);1H2/t16-;/m0./s1. The summed E-state index contributed by atoms with van der Waals surface area (Å²) in [6.07, 6.45) is 4.36. The van der Waals surface area contributed by atoms with Gasteiger partial charge in [-0.3, -0.25) is 10.1 Å². The van der Waals surface area contributed by atoms with E-state index in [0.717, 1.165) is 24.8 Å². The van der Waals surface area contributed by atoms with Gasteiger partial charge < -0.3 is 15.2 Å². The van der Waals surface area contributed by atoms with Gasteiger partial charge in [0.05, 0.1) is 18.8 Å². The minimum atomic E-state index is -0.251. The van der Waals surface area contributed by atoms with Crippen LogP contribution in [0.25, 0.3) is 0 Å². The van der Waals surface area contributed by atoms with E-state index in [1.165, 1.54) is 13.1 Å². The summed E-state index contributed by atoms with van der Waals surface area (Å²) in [6.45, 7) is 3.85. The topological polar surface area (TPSA) is 96.4 Å². The van der Waals surface area contributed by atoms with Crippen LogP contribution in [-0.2, 0) is 11.4 Å². The van der Waals surface area contributed by atoms with Crippen LogP contribution < -0.4 is 15.4 Å². The van der Waals surface area contributed by atoms with Crippen LogP contribution in [0, 0.1) is 0 Å². The van der Waals surface area contributed by atoms with Gasteiger partial charge in [0.2, 0.25) is 11.9 Å². The molecule has 2 aromatic rings. The van der Waals surface area contributed by atoms with Crippen LogP contribution in [0.3, 0.4) is 0 Å². The minimum absolute atomic E-state index is 0. The lowest BCUT2D eigenvalue weighted by atomic mass is 10.1. The fourth-order valence-electron chi connectivity index (χ4n) is 2.39. The maximum Gasteiger partial charge on any atom is 0.231 e. The highest BCUT2D eigenvalue weighted by atomic mass is 32.1. The molecule has 7 nitrogen and oxygen atoms in total. The zero-order valence-corrected chi connectivity index (χ0v) is 16.7. The molecule has 0 saturated carbocycles. The maximum absolute atomic E-state index is 11.3. The Bertz CT molecular complexity index is 701. The Labute approximate surface area is 167 Å². The second-order valence-electron chi connectivity index (χ2n) is 6.03. The Kier molecular flexibility index (Phi) is 10.2. The van der Waals surface area contributed by atoms with Gasteiger partial charge in [-0.25, -0.2) is 4.98 Å². The first-order valence-corrected chi connectivity index (χ1v) is 8.81. The molecule has 1 amide bonds. The van der Waals surface area contributed by atoms with E-state index in [0.29, 0.717) is 18.2 Å². The number of ether oxygens (including phenoxy) is 1. The number of unbranched alkanes of at least 4 members (excludes halogenated alkanes) is 1. The summed E-state index contributed by atoms with van der Waals surface area (Å²) in [5.74, 6) is 0.866. The number of aliphatic hydroxyl groups excluding tert-OH is 1. The van der Waals surface area contributed by atoms with Gasteiger partial charge >= 0.3 is 0 Å². The van der Waals surface area contributed by atoms with Gasteiger partial charge in [0.25, 0.3) is 0 Å². The number of carbonyl (C=O) groups excluding carboxylic acids is 1. The molecular formula is C19H28N4O3S. The molecule has 3 N–H and O–H groups in total. The van der Waals surface area contributed by atoms with Crippen molar-refractivity contribution >= 4 is 31.2 Å². The zero-order valence-electron chi connectivity index (χ0n) is 15.7. The molecule has 0 unspecified atom stereocenters. The van der Waals surface area contributed by atoms with Gasteiger partial charge in [-0.05, 0) is 12.0 Å². The van der Waals surface area contributed by atoms with E-state index < -0.39 is 0 Å². The van der Waals surface area contributed by atoms with Crippen molar-refractivity contribution in [2.24, 2.45) is 0 Å². The number of benzene rings is 1. The Balaban J connectivity index is 0.00000364. The first-order chi connectivity index (χ1) is 12.6. The lowest BCUT2D eigenvalue weighted by molar-refractivity contribution is -0.114. The van der Waals surface area contributed by atoms with E-state index in [-0.39, 0.29) is 38.0 Å². The third-order valence-electron chi connectivity index (χ3n) is 3.75. The van der Waals surface area contributed by atoms with E-state index in [1.807, 2.05) is 30.3 Å². The quantitative estimate of drug-likeness (QED) is 0.575. The van der Waals surface area contributed by atoms with Gasteiger partial charge in [0.1, 0.15) is 6.61 Å². The highest BCUT2D eigenvalue weighted by Crippen LogP contribution is 2.25. The van der Waals surface area contributed by atoms with Crippen molar-refractivity contribution in [3.63, 3.8) is 0 Å². The molecule has 0 aliphatic rings. The van der Waals surface area contributed by atoms with Crippen molar-refractivity contribution in [2.45, 2.75) is 45.8 Å². The first-order valence-electron chi connectivity index (χ1n) is 8.81. The summed E-state index contributed by atoms with van der Waals surface area (Å²) in [5, 5.41) is 15.4. The molecule has 0 bridgehead atoms. The molecule has 1 aromatic heterocycles. The molecule has 0 aliphatic heterocycles. The summed E-state index contributed by atoms with van der Waals surface area (Å²) < 4.78 is 5.85. The van der Waals surface area contributed by atoms with Crippen LogP contribution in [0.5, 0.6) is 5.75 Å². The molecule has 1 aromatic carbocycles. The van der Waals surface area contributed by atoms with Crippen LogP contribution in [0.1, 0.15) is 38.7 Å². The highest BCUT2D eigenvalue weighted by Gasteiger charge is 2.14. The highest BCUT2D eigenvalue weighted by molar-refractivity contribution is 7.59. The van der Waals surface area contributed by atoms with Crippen molar-refractivity contribution < 1.29 is 14.6 Å². The molecule has 0 spiro atoms. The largest absolute Gasteiger partial charge is 0.483 e. The Morgan fingerprint density at radius 3 is 2.67 bits per heavy atom. The third-order valence-corrected chi connectivity index (χ3v) is 3.75. The maximum atomic E-state index is 11.3. The predicted molar refractivity (Wildman–Crippen MR) is 112 cm³/mol. The zero-order chi connectivity index (χ0) is 18.8. The fraction of sp³-hybridized carbons (Fsp3) is 0.421. The molecule has 2 rings (SSSR count). The number of rotatable bonds is 10. The number of nitrogens with one attached hydrogen (secondary N) is 2. The average Bonchev–Trinajstić information content (AvgIpc) is 2.64. The molecule has 8 heteroatoms. The van der Waals surface area contributed by atoms with E-state index in [2.05, 4.69) is 27.5 Å². The van der Waals surface area contributed by atoms with Crippen LogP contribution in [0.15, 0.2) is 36.5 Å². The number of carbonyl (C=O) groups is 1. The number of anilines is 2. The molecule has 1 atom stereocenters. The lowest BCUT2D eigenvalue weighted by Crippen LogP contribution is -2.25. The Morgan fingerprint density at radius 2 is 2.04 bits per heavy atom. The monoisotopic (exact) mass is 392 g/mol. The van der Waals surface area contributed by atoms with Crippen molar-refractivity contribution in [1.82, 2.24) is 9.97 Å².